The van der Waals surface area contributed by atoms with Crippen molar-refractivity contribution in [3.8, 4) is 11.1 Å². The molecule has 1 aromatic heterocycles. The zero-order valence-electron chi connectivity index (χ0n) is 17.0. The number of fused-ring (bicyclic) bond motifs is 2. The molecule has 6 heteroatoms. The third-order valence-corrected chi connectivity index (χ3v) is 6.94. The van der Waals surface area contributed by atoms with E-state index in [9.17, 15) is 9.59 Å². The normalized spacial score (nSPS) is 23.0. The first kappa shape index (κ1) is 18.2. The van der Waals surface area contributed by atoms with E-state index in [1.54, 1.807) is 18.5 Å². The third kappa shape index (κ3) is 2.71. The van der Waals surface area contributed by atoms with Crippen LogP contribution in [0.15, 0.2) is 67.3 Å². The van der Waals surface area contributed by atoms with Gasteiger partial charge >= 0.3 is 5.97 Å². The Morgan fingerprint density at radius 3 is 2.42 bits per heavy atom. The number of aromatic nitrogens is 2. The van der Waals surface area contributed by atoms with Crippen molar-refractivity contribution >= 4 is 11.9 Å². The summed E-state index contributed by atoms with van der Waals surface area (Å²) in [6, 6.07) is 15.7. The second-order valence-electron chi connectivity index (χ2n) is 8.69. The van der Waals surface area contributed by atoms with Gasteiger partial charge in [-0.2, -0.15) is 0 Å². The van der Waals surface area contributed by atoms with Gasteiger partial charge in [0.2, 0.25) is 5.91 Å². The van der Waals surface area contributed by atoms with Gasteiger partial charge in [-0.15, -0.1) is 0 Å². The SMILES string of the molecule is O=C1O[C@]2(CCN(C(=O)C3(c4ccc(-c5cncnc5)cc4)CC3)C2)c2ccccc21. The Morgan fingerprint density at radius 2 is 1.68 bits per heavy atom. The molecule has 31 heavy (non-hydrogen) atoms. The molecule has 2 aliphatic heterocycles. The summed E-state index contributed by atoms with van der Waals surface area (Å²) in [7, 11) is 0. The molecule has 2 aromatic carbocycles. The fourth-order valence-corrected chi connectivity index (χ4v) is 5.09. The molecule has 1 amide bonds. The maximum Gasteiger partial charge on any atom is 0.339 e. The van der Waals surface area contributed by atoms with E-state index >= 15 is 0 Å². The number of likely N-dealkylation sites (tertiary alicyclic amines) is 1. The van der Waals surface area contributed by atoms with Crippen LogP contribution in [-0.4, -0.2) is 39.8 Å². The van der Waals surface area contributed by atoms with Gasteiger partial charge in [0.15, 0.2) is 5.60 Å². The molecule has 0 unspecified atom stereocenters. The number of ether oxygens (including phenoxy) is 1. The van der Waals surface area contributed by atoms with Crippen molar-refractivity contribution in [3.05, 3.63) is 83.9 Å². The molecule has 1 saturated heterocycles. The van der Waals surface area contributed by atoms with E-state index in [0.29, 0.717) is 25.1 Å². The Bertz CT molecular complexity index is 1190. The lowest BCUT2D eigenvalue weighted by molar-refractivity contribution is -0.134. The van der Waals surface area contributed by atoms with Crippen molar-refractivity contribution < 1.29 is 14.3 Å². The summed E-state index contributed by atoms with van der Waals surface area (Å²) >= 11 is 0. The van der Waals surface area contributed by atoms with Crippen molar-refractivity contribution in [1.82, 2.24) is 14.9 Å². The minimum atomic E-state index is -0.698. The van der Waals surface area contributed by atoms with Crippen molar-refractivity contribution in [2.24, 2.45) is 0 Å². The number of hydrogen-bond acceptors (Lipinski definition) is 5. The lowest BCUT2D eigenvalue weighted by atomic mass is 9.91. The van der Waals surface area contributed by atoms with Crippen LogP contribution >= 0.6 is 0 Å². The average molecular weight is 411 g/mol. The van der Waals surface area contributed by atoms with Gasteiger partial charge in [0.1, 0.15) is 6.33 Å². The first-order chi connectivity index (χ1) is 15.1. The van der Waals surface area contributed by atoms with Crippen LogP contribution in [0.25, 0.3) is 11.1 Å². The van der Waals surface area contributed by atoms with Gasteiger partial charge in [0.25, 0.3) is 0 Å². The van der Waals surface area contributed by atoms with E-state index in [4.69, 9.17) is 4.74 Å². The number of benzene rings is 2. The molecule has 2 fully saturated rings. The molecule has 3 aromatic rings. The number of rotatable bonds is 3. The lowest BCUT2D eigenvalue weighted by Crippen LogP contribution is -2.40. The molecule has 3 aliphatic rings. The quantitative estimate of drug-likeness (QED) is 0.617. The Labute approximate surface area is 179 Å². The third-order valence-electron chi connectivity index (χ3n) is 6.94. The summed E-state index contributed by atoms with van der Waals surface area (Å²) < 4.78 is 5.82. The van der Waals surface area contributed by atoms with Crippen molar-refractivity contribution in [3.63, 3.8) is 0 Å². The molecular weight excluding hydrogens is 390 g/mol. The molecule has 6 rings (SSSR count). The van der Waals surface area contributed by atoms with Gasteiger partial charge in [0, 0.05) is 36.5 Å². The smallest absolute Gasteiger partial charge is 0.339 e. The summed E-state index contributed by atoms with van der Waals surface area (Å²) in [6.45, 7) is 1.03. The summed E-state index contributed by atoms with van der Waals surface area (Å²) in [5.74, 6) is -0.146. The molecular formula is C25H21N3O3. The van der Waals surface area contributed by atoms with Gasteiger partial charge in [-0.25, -0.2) is 14.8 Å². The first-order valence-corrected chi connectivity index (χ1v) is 10.6. The molecule has 1 aliphatic carbocycles. The lowest BCUT2D eigenvalue weighted by Gasteiger charge is -2.27. The number of nitrogens with zero attached hydrogens (tertiary/aromatic N) is 3. The molecule has 3 heterocycles. The van der Waals surface area contributed by atoms with Crippen molar-refractivity contribution in [2.75, 3.05) is 13.1 Å². The van der Waals surface area contributed by atoms with Gasteiger partial charge in [-0.3, -0.25) is 4.79 Å². The molecule has 1 spiro atoms. The zero-order valence-corrected chi connectivity index (χ0v) is 17.0. The summed E-state index contributed by atoms with van der Waals surface area (Å²) in [5.41, 5.74) is 3.40. The maximum atomic E-state index is 13.6. The van der Waals surface area contributed by atoms with E-state index < -0.39 is 11.0 Å². The number of esters is 1. The highest BCUT2D eigenvalue weighted by molar-refractivity contribution is 5.96. The van der Waals surface area contributed by atoms with Gasteiger partial charge < -0.3 is 9.64 Å². The van der Waals surface area contributed by atoms with E-state index in [-0.39, 0.29) is 11.9 Å². The van der Waals surface area contributed by atoms with E-state index in [1.165, 1.54) is 6.33 Å². The number of carbonyl (C=O) groups is 2. The first-order valence-electron chi connectivity index (χ1n) is 10.6. The van der Waals surface area contributed by atoms with Crippen molar-refractivity contribution in [2.45, 2.75) is 30.3 Å². The highest BCUT2D eigenvalue weighted by Gasteiger charge is 2.57. The minimum Gasteiger partial charge on any atom is -0.449 e. The topological polar surface area (TPSA) is 72.4 Å². The summed E-state index contributed by atoms with van der Waals surface area (Å²) in [6.07, 6.45) is 7.41. The van der Waals surface area contributed by atoms with Crippen molar-refractivity contribution in [1.29, 1.82) is 0 Å². The van der Waals surface area contributed by atoms with Gasteiger partial charge in [-0.05, 0) is 30.0 Å². The van der Waals surface area contributed by atoms with E-state index in [0.717, 1.165) is 35.1 Å². The Hall–Kier alpha value is -3.54. The van der Waals surface area contributed by atoms with Crippen LogP contribution in [0.2, 0.25) is 0 Å². The largest absolute Gasteiger partial charge is 0.449 e. The van der Waals surface area contributed by atoms with Gasteiger partial charge in [-0.1, -0.05) is 42.5 Å². The Balaban J connectivity index is 1.25. The maximum absolute atomic E-state index is 13.6. The minimum absolute atomic E-state index is 0.139. The van der Waals surface area contributed by atoms with Crippen LogP contribution < -0.4 is 0 Å². The molecule has 6 nitrogen and oxygen atoms in total. The summed E-state index contributed by atoms with van der Waals surface area (Å²) in [5, 5.41) is 0. The highest BCUT2D eigenvalue weighted by Crippen LogP contribution is 2.52. The number of hydrogen-bond donors (Lipinski definition) is 0. The van der Waals surface area contributed by atoms with Gasteiger partial charge in [0.05, 0.1) is 17.5 Å². The fraction of sp³-hybridized carbons (Fsp3) is 0.280. The Morgan fingerprint density at radius 1 is 0.935 bits per heavy atom. The van der Waals surface area contributed by atoms with E-state index in [1.807, 2.05) is 47.4 Å². The predicted octanol–water partition coefficient (Wildman–Crippen LogP) is 3.47. The van der Waals surface area contributed by atoms with E-state index in [2.05, 4.69) is 9.97 Å². The standard InChI is InChI=1S/C25H21N3O3/c29-22-20-3-1-2-4-21(20)25(31-22)11-12-28(15-25)23(30)24(9-10-24)19-7-5-17(6-8-19)18-13-26-16-27-14-18/h1-8,13-14,16H,9-12,15H2/t25-/m0/s1. The second kappa shape index (κ2) is 6.48. The molecule has 154 valence electrons. The molecule has 1 atom stereocenters. The van der Waals surface area contributed by atoms with Crippen LogP contribution in [0.4, 0.5) is 0 Å². The van der Waals surface area contributed by atoms with Crippen LogP contribution in [0, 0.1) is 0 Å². The zero-order chi connectivity index (χ0) is 21.1. The summed E-state index contributed by atoms with van der Waals surface area (Å²) in [4.78, 5) is 36.0. The molecule has 1 saturated carbocycles. The van der Waals surface area contributed by atoms with Crippen LogP contribution in [-0.2, 0) is 20.5 Å². The predicted molar refractivity (Wildman–Crippen MR) is 113 cm³/mol. The number of carbonyl (C=O) groups excluding carboxylic acids is 2. The molecule has 0 bridgehead atoms. The molecule has 0 radical (unpaired) electrons. The fourth-order valence-electron chi connectivity index (χ4n) is 5.09. The second-order valence-corrected chi connectivity index (χ2v) is 8.69. The van der Waals surface area contributed by atoms with Crippen LogP contribution in [0.1, 0.15) is 40.7 Å². The monoisotopic (exact) mass is 411 g/mol. The Kier molecular flexibility index (Phi) is 3.81. The van der Waals surface area contributed by atoms with Crippen LogP contribution in [0.5, 0.6) is 0 Å². The van der Waals surface area contributed by atoms with Crippen LogP contribution in [0.3, 0.4) is 0 Å². The molecule has 0 N–H and O–H groups in total. The number of amides is 1. The highest BCUT2D eigenvalue weighted by atomic mass is 16.6. The average Bonchev–Trinajstić information content (AvgIpc) is 3.46.